The minimum absolute atomic E-state index is 0.180. The molecule has 136 valence electrons. The van der Waals surface area contributed by atoms with Crippen LogP contribution < -0.4 is 10.3 Å². The Kier molecular flexibility index (Phi) is 4.71. The van der Waals surface area contributed by atoms with E-state index in [0.29, 0.717) is 35.7 Å². The molecule has 0 atom stereocenters. The molecule has 4 rings (SSSR count). The predicted molar refractivity (Wildman–Crippen MR) is 97.0 cm³/mol. The van der Waals surface area contributed by atoms with Crippen molar-refractivity contribution in [2.24, 2.45) is 5.92 Å². The Bertz CT molecular complexity index is 1060. The van der Waals surface area contributed by atoms with Gasteiger partial charge in [-0.25, -0.2) is 15.0 Å². The highest BCUT2D eigenvalue weighted by molar-refractivity contribution is 5.25. The van der Waals surface area contributed by atoms with Crippen molar-refractivity contribution in [2.45, 2.75) is 32.9 Å². The van der Waals surface area contributed by atoms with Gasteiger partial charge in [-0.3, -0.25) is 4.79 Å². The molecule has 0 radical (unpaired) electrons. The number of hydrogen-bond acceptors (Lipinski definition) is 6. The fourth-order valence-corrected chi connectivity index (χ4v) is 2.52. The normalized spacial score (nSPS) is 13.1. The summed E-state index contributed by atoms with van der Waals surface area (Å²) in [6, 6.07) is 4.98. The highest BCUT2D eigenvalue weighted by atomic mass is 16.5. The number of aryl methyl sites for hydroxylation is 1. The van der Waals surface area contributed by atoms with Crippen LogP contribution in [-0.4, -0.2) is 19.5 Å². The van der Waals surface area contributed by atoms with Crippen LogP contribution in [0.15, 0.2) is 46.0 Å². The quantitative estimate of drug-likeness (QED) is 0.648. The zero-order chi connectivity index (χ0) is 18.6. The van der Waals surface area contributed by atoms with Crippen molar-refractivity contribution in [1.82, 2.24) is 19.5 Å². The van der Waals surface area contributed by atoms with E-state index in [2.05, 4.69) is 26.8 Å². The number of oxazole rings is 1. The van der Waals surface area contributed by atoms with Crippen LogP contribution in [0.1, 0.15) is 36.0 Å². The number of ether oxygens (including phenoxy) is 1. The molecule has 7 heteroatoms. The van der Waals surface area contributed by atoms with Gasteiger partial charge in [0.1, 0.15) is 18.1 Å². The minimum atomic E-state index is -0.180. The second-order valence-corrected chi connectivity index (χ2v) is 6.39. The summed E-state index contributed by atoms with van der Waals surface area (Å²) < 4.78 is 12.9. The van der Waals surface area contributed by atoms with Crippen LogP contribution in [0, 0.1) is 24.7 Å². The molecule has 0 bridgehead atoms. The first kappa shape index (κ1) is 17.0. The molecule has 0 aromatic carbocycles. The highest BCUT2D eigenvalue weighted by Gasteiger charge is 2.18. The first-order chi connectivity index (χ1) is 13.2. The van der Waals surface area contributed by atoms with Gasteiger partial charge < -0.3 is 13.7 Å². The van der Waals surface area contributed by atoms with Gasteiger partial charge in [-0.15, -0.1) is 0 Å². The lowest BCUT2D eigenvalue weighted by Crippen LogP contribution is -2.22. The molecule has 0 N–H and O–H groups in total. The summed E-state index contributed by atoms with van der Waals surface area (Å²) in [6.07, 6.45) is 7.21. The van der Waals surface area contributed by atoms with E-state index in [1.807, 2.05) is 6.92 Å². The lowest BCUT2D eigenvalue weighted by molar-refractivity contribution is 0.294. The first-order valence-corrected chi connectivity index (χ1v) is 8.74. The smallest absolute Gasteiger partial charge is 0.273 e. The van der Waals surface area contributed by atoms with Crippen molar-refractivity contribution < 1.29 is 9.15 Å². The SMILES string of the molecule is Cc1cc(OCc2ncccn2)cc(=O)n1Cc1cnc(C#CC2CC2)o1. The molecule has 0 amide bonds. The van der Waals surface area contributed by atoms with Gasteiger partial charge in [0.25, 0.3) is 11.4 Å². The van der Waals surface area contributed by atoms with Gasteiger partial charge in [0.2, 0.25) is 0 Å². The molecule has 0 unspecified atom stereocenters. The molecule has 1 fully saturated rings. The molecular weight excluding hydrogens is 344 g/mol. The van der Waals surface area contributed by atoms with Crippen molar-refractivity contribution in [3.8, 4) is 17.6 Å². The third-order valence-corrected chi connectivity index (χ3v) is 4.12. The average molecular weight is 362 g/mol. The molecule has 0 saturated heterocycles. The maximum atomic E-state index is 12.5. The van der Waals surface area contributed by atoms with Crippen LogP contribution in [0.4, 0.5) is 0 Å². The van der Waals surface area contributed by atoms with E-state index in [-0.39, 0.29) is 12.2 Å². The van der Waals surface area contributed by atoms with E-state index in [9.17, 15) is 4.79 Å². The molecule has 0 aliphatic heterocycles. The van der Waals surface area contributed by atoms with Crippen LogP contribution >= 0.6 is 0 Å². The zero-order valence-corrected chi connectivity index (χ0v) is 14.9. The Morgan fingerprint density at radius 3 is 2.81 bits per heavy atom. The molecular formula is C20H18N4O3. The molecule has 1 aliphatic carbocycles. The number of rotatable bonds is 5. The van der Waals surface area contributed by atoms with Gasteiger partial charge in [0.05, 0.1) is 12.7 Å². The number of aromatic nitrogens is 4. The zero-order valence-electron chi connectivity index (χ0n) is 14.9. The van der Waals surface area contributed by atoms with Crippen LogP contribution in [-0.2, 0) is 13.2 Å². The van der Waals surface area contributed by atoms with E-state index < -0.39 is 0 Å². The Hall–Kier alpha value is -3.40. The third kappa shape index (κ3) is 4.42. The van der Waals surface area contributed by atoms with Crippen LogP contribution in [0.25, 0.3) is 0 Å². The molecule has 3 aromatic heterocycles. The fourth-order valence-electron chi connectivity index (χ4n) is 2.52. The molecule has 1 saturated carbocycles. The molecule has 3 heterocycles. The molecule has 3 aromatic rings. The van der Waals surface area contributed by atoms with E-state index in [1.54, 1.807) is 35.3 Å². The summed E-state index contributed by atoms with van der Waals surface area (Å²) in [6.45, 7) is 2.34. The highest BCUT2D eigenvalue weighted by Crippen LogP contribution is 2.27. The van der Waals surface area contributed by atoms with E-state index in [0.717, 1.165) is 18.5 Å². The summed E-state index contributed by atoms with van der Waals surface area (Å²) in [7, 11) is 0. The summed E-state index contributed by atoms with van der Waals surface area (Å²) in [5, 5.41) is 0. The summed E-state index contributed by atoms with van der Waals surface area (Å²) in [5.41, 5.74) is 0.578. The van der Waals surface area contributed by atoms with Crippen molar-refractivity contribution in [1.29, 1.82) is 0 Å². The average Bonchev–Trinajstić information content (AvgIpc) is 3.40. The number of pyridine rings is 1. The van der Waals surface area contributed by atoms with Crippen molar-refractivity contribution in [3.05, 3.63) is 70.3 Å². The Morgan fingerprint density at radius 1 is 1.26 bits per heavy atom. The third-order valence-electron chi connectivity index (χ3n) is 4.12. The van der Waals surface area contributed by atoms with E-state index in [4.69, 9.17) is 9.15 Å². The molecule has 7 nitrogen and oxygen atoms in total. The molecule has 0 spiro atoms. The molecule has 1 aliphatic rings. The van der Waals surface area contributed by atoms with Crippen LogP contribution in [0.5, 0.6) is 5.75 Å². The number of hydrogen-bond donors (Lipinski definition) is 0. The summed E-state index contributed by atoms with van der Waals surface area (Å²) >= 11 is 0. The van der Waals surface area contributed by atoms with E-state index >= 15 is 0 Å². The second kappa shape index (κ2) is 7.46. The van der Waals surface area contributed by atoms with Crippen molar-refractivity contribution in [3.63, 3.8) is 0 Å². The summed E-state index contributed by atoms with van der Waals surface area (Å²) in [4.78, 5) is 24.8. The van der Waals surface area contributed by atoms with Gasteiger partial charge in [-0.2, -0.15) is 0 Å². The lowest BCUT2D eigenvalue weighted by Gasteiger charge is -2.11. The first-order valence-electron chi connectivity index (χ1n) is 8.74. The Labute approximate surface area is 156 Å². The van der Waals surface area contributed by atoms with Crippen molar-refractivity contribution >= 4 is 0 Å². The standard InChI is InChI=1S/C20H18N4O3/c1-14-9-16(26-13-18-21-7-2-8-22-18)10-20(25)24(14)12-17-11-23-19(27-17)6-5-15-3-4-15/h2,7-11,15H,3-4,12-13H2,1H3. The maximum Gasteiger partial charge on any atom is 0.273 e. The van der Waals surface area contributed by atoms with Gasteiger partial charge >= 0.3 is 0 Å². The van der Waals surface area contributed by atoms with E-state index in [1.165, 1.54) is 6.07 Å². The van der Waals surface area contributed by atoms with Crippen LogP contribution in [0.2, 0.25) is 0 Å². The predicted octanol–water partition coefficient (Wildman–Crippen LogP) is 2.32. The summed E-state index contributed by atoms with van der Waals surface area (Å²) in [5.74, 6) is 8.55. The van der Waals surface area contributed by atoms with Gasteiger partial charge in [-0.1, -0.05) is 5.92 Å². The Balaban J connectivity index is 1.45. The van der Waals surface area contributed by atoms with Gasteiger partial charge in [0.15, 0.2) is 5.82 Å². The van der Waals surface area contributed by atoms with Crippen molar-refractivity contribution in [2.75, 3.05) is 0 Å². The largest absolute Gasteiger partial charge is 0.485 e. The fraction of sp³-hybridized carbons (Fsp3) is 0.300. The van der Waals surface area contributed by atoms with Gasteiger partial charge in [0, 0.05) is 30.1 Å². The van der Waals surface area contributed by atoms with Crippen LogP contribution in [0.3, 0.4) is 0 Å². The lowest BCUT2D eigenvalue weighted by atomic mass is 10.3. The topological polar surface area (TPSA) is 83.0 Å². The molecule has 27 heavy (non-hydrogen) atoms. The number of nitrogens with zero attached hydrogens (tertiary/aromatic N) is 4. The second-order valence-electron chi connectivity index (χ2n) is 6.39. The monoisotopic (exact) mass is 362 g/mol. The minimum Gasteiger partial charge on any atom is -0.485 e. The van der Waals surface area contributed by atoms with Gasteiger partial charge in [-0.05, 0) is 37.8 Å². The maximum absolute atomic E-state index is 12.5. The Morgan fingerprint density at radius 2 is 2.07 bits per heavy atom.